The molecule has 13 unspecified atom stereocenters. The average Bonchev–Trinajstić information content (AvgIpc) is 3.27. The molecule has 1 heterocycles. The monoisotopic (exact) mass is 581 g/mol. The van der Waals surface area contributed by atoms with E-state index in [2.05, 4.69) is 24.2 Å². The number of nitrogens with one attached hydrogen (secondary N) is 1. The van der Waals surface area contributed by atoms with Crippen LogP contribution in [-0.2, 0) is 4.74 Å². The zero-order valence-corrected chi connectivity index (χ0v) is 26.8. The SMILES string of the molecule is C=C1CC2(CCC(C3CCC4CCC(O)CC4(O)C3)C2)C2OC2(C)CCC2C1CC2(C)C1CCC(CNC(N)=NC)C1. The molecule has 0 aromatic rings. The Kier molecular flexibility index (Phi) is 7.38. The summed E-state index contributed by atoms with van der Waals surface area (Å²) < 4.78 is 6.75. The van der Waals surface area contributed by atoms with Gasteiger partial charge < -0.3 is 26.0 Å². The van der Waals surface area contributed by atoms with Crippen LogP contribution < -0.4 is 11.1 Å². The molecule has 7 rings (SSSR count). The molecule has 13 atom stereocenters. The van der Waals surface area contributed by atoms with Gasteiger partial charge in [0.1, 0.15) is 0 Å². The van der Waals surface area contributed by atoms with Crippen molar-refractivity contribution in [1.82, 2.24) is 5.32 Å². The van der Waals surface area contributed by atoms with Gasteiger partial charge in [0.05, 0.1) is 23.4 Å². The summed E-state index contributed by atoms with van der Waals surface area (Å²) in [6.07, 6.45) is 18.5. The zero-order valence-electron chi connectivity index (χ0n) is 26.8. The molecule has 1 aliphatic heterocycles. The highest BCUT2D eigenvalue weighted by atomic mass is 16.6. The van der Waals surface area contributed by atoms with Gasteiger partial charge in [-0.05, 0) is 150 Å². The fourth-order valence-corrected chi connectivity index (χ4v) is 12.4. The Hall–Kier alpha value is -1.11. The topological polar surface area (TPSA) is 103 Å². The summed E-state index contributed by atoms with van der Waals surface area (Å²) in [5.74, 6) is 5.13. The number of nitrogens with two attached hydrogens (primary N) is 1. The second-order valence-corrected chi connectivity index (χ2v) is 17.1. The minimum atomic E-state index is -0.641. The predicted molar refractivity (Wildman–Crippen MR) is 168 cm³/mol. The number of epoxide rings is 1. The van der Waals surface area contributed by atoms with Crippen molar-refractivity contribution >= 4 is 5.96 Å². The molecule has 5 N–H and O–H groups in total. The minimum Gasteiger partial charge on any atom is -0.393 e. The second kappa shape index (κ2) is 10.5. The molecule has 7 fully saturated rings. The predicted octanol–water partition coefficient (Wildman–Crippen LogP) is 5.96. The van der Waals surface area contributed by atoms with Gasteiger partial charge in [0, 0.05) is 25.4 Å². The Morgan fingerprint density at radius 2 is 1.74 bits per heavy atom. The van der Waals surface area contributed by atoms with Crippen LogP contribution in [0.4, 0.5) is 0 Å². The van der Waals surface area contributed by atoms with Gasteiger partial charge in [-0.25, -0.2) is 0 Å². The first-order valence-electron chi connectivity index (χ1n) is 17.7. The van der Waals surface area contributed by atoms with Crippen LogP contribution in [-0.4, -0.2) is 53.2 Å². The summed E-state index contributed by atoms with van der Waals surface area (Å²) in [6, 6.07) is 0. The van der Waals surface area contributed by atoms with E-state index in [9.17, 15) is 10.2 Å². The van der Waals surface area contributed by atoms with Crippen LogP contribution in [0.5, 0.6) is 0 Å². The van der Waals surface area contributed by atoms with Crippen LogP contribution >= 0.6 is 0 Å². The summed E-state index contributed by atoms with van der Waals surface area (Å²) in [5, 5.41) is 25.3. The maximum atomic E-state index is 11.6. The number of aliphatic hydroxyl groups is 2. The number of guanidine groups is 1. The van der Waals surface area contributed by atoms with Crippen molar-refractivity contribution in [3.63, 3.8) is 0 Å². The first kappa shape index (κ1) is 29.6. The molecule has 236 valence electrons. The standard InChI is InChI=1S/C36H59N3O3/c1-22-16-35(14-11-25(17-35)24-6-8-26-9-10-28(40)19-36(26,41)18-24)31-34(3,42-31)13-12-30-29(22)20-33(30,2)27-7-5-23(15-27)21-39-32(37)38-4/h23-31,40-41H,1,5-21H2,2-4H3,(H3,37,38,39). The maximum absolute atomic E-state index is 11.6. The zero-order chi connectivity index (χ0) is 29.5. The minimum absolute atomic E-state index is 0.0308. The van der Waals surface area contributed by atoms with Crippen molar-refractivity contribution < 1.29 is 14.9 Å². The van der Waals surface area contributed by atoms with Crippen molar-refractivity contribution in [2.24, 2.45) is 63.0 Å². The van der Waals surface area contributed by atoms with Gasteiger partial charge in [0.2, 0.25) is 0 Å². The number of hydrogen-bond donors (Lipinski definition) is 4. The van der Waals surface area contributed by atoms with Gasteiger partial charge in [-0.3, -0.25) is 4.99 Å². The Morgan fingerprint density at radius 1 is 0.976 bits per heavy atom. The number of allylic oxidation sites excluding steroid dienone is 1. The van der Waals surface area contributed by atoms with Gasteiger partial charge in [-0.1, -0.05) is 19.1 Å². The van der Waals surface area contributed by atoms with Crippen LogP contribution in [0.3, 0.4) is 0 Å². The highest BCUT2D eigenvalue weighted by Crippen LogP contribution is 2.69. The molecule has 0 aromatic carbocycles. The lowest BCUT2D eigenvalue weighted by Gasteiger charge is -2.58. The van der Waals surface area contributed by atoms with E-state index in [0.717, 1.165) is 50.5 Å². The average molecular weight is 582 g/mol. The van der Waals surface area contributed by atoms with Crippen molar-refractivity contribution in [2.45, 2.75) is 140 Å². The Labute approximate surface area is 254 Å². The number of aliphatic hydroxyl groups excluding tert-OH is 1. The van der Waals surface area contributed by atoms with E-state index in [1.54, 1.807) is 7.05 Å². The van der Waals surface area contributed by atoms with E-state index in [0.29, 0.717) is 53.5 Å². The van der Waals surface area contributed by atoms with Crippen molar-refractivity contribution in [1.29, 1.82) is 0 Å². The molecule has 7 aliphatic rings. The van der Waals surface area contributed by atoms with E-state index >= 15 is 0 Å². The number of hydrogen-bond acceptors (Lipinski definition) is 4. The maximum Gasteiger partial charge on any atom is 0.188 e. The lowest BCUT2D eigenvalue weighted by molar-refractivity contribution is -0.127. The number of rotatable bonds is 4. The Morgan fingerprint density at radius 3 is 2.55 bits per heavy atom. The number of aliphatic imine (C=N–C) groups is 1. The van der Waals surface area contributed by atoms with Crippen LogP contribution in [0, 0.1) is 52.3 Å². The van der Waals surface area contributed by atoms with Gasteiger partial charge >= 0.3 is 0 Å². The molecule has 6 aliphatic carbocycles. The van der Waals surface area contributed by atoms with Gasteiger partial charge in [0.15, 0.2) is 5.96 Å². The lowest BCUT2D eigenvalue weighted by atomic mass is 9.46. The summed E-state index contributed by atoms with van der Waals surface area (Å²) in [7, 11) is 1.75. The molecular weight excluding hydrogens is 522 g/mol. The van der Waals surface area contributed by atoms with Crippen molar-refractivity contribution in [3.05, 3.63) is 12.2 Å². The molecule has 42 heavy (non-hydrogen) atoms. The Bertz CT molecular complexity index is 1090. The molecule has 6 saturated carbocycles. The summed E-state index contributed by atoms with van der Waals surface area (Å²) in [6.45, 7) is 10.8. The normalized spacial score (nSPS) is 54.2. The van der Waals surface area contributed by atoms with Gasteiger partial charge in [0.25, 0.3) is 0 Å². The van der Waals surface area contributed by atoms with Gasteiger partial charge in [-0.2, -0.15) is 0 Å². The highest BCUT2D eigenvalue weighted by Gasteiger charge is 2.67. The summed E-state index contributed by atoms with van der Waals surface area (Å²) >= 11 is 0. The summed E-state index contributed by atoms with van der Waals surface area (Å²) in [4.78, 5) is 4.08. The third kappa shape index (κ3) is 4.89. The highest BCUT2D eigenvalue weighted by molar-refractivity contribution is 5.77. The molecule has 1 spiro atoms. The fraction of sp³-hybridized carbons (Fsp3) is 0.917. The van der Waals surface area contributed by atoms with Gasteiger partial charge in [-0.15, -0.1) is 0 Å². The number of ether oxygens (including phenoxy) is 1. The second-order valence-electron chi connectivity index (χ2n) is 17.1. The van der Waals surface area contributed by atoms with E-state index < -0.39 is 5.60 Å². The fourth-order valence-electron chi connectivity index (χ4n) is 12.4. The van der Waals surface area contributed by atoms with Crippen LogP contribution in [0.25, 0.3) is 0 Å². The first-order valence-corrected chi connectivity index (χ1v) is 17.7. The number of fused-ring (bicyclic) bond motifs is 4. The van der Waals surface area contributed by atoms with E-state index in [1.807, 2.05) is 0 Å². The third-order valence-corrected chi connectivity index (χ3v) is 14.8. The largest absolute Gasteiger partial charge is 0.393 e. The number of nitrogens with zero attached hydrogens (tertiary/aromatic N) is 1. The molecular formula is C36H59N3O3. The first-order chi connectivity index (χ1) is 20.0. The molecule has 0 bridgehead atoms. The van der Waals surface area contributed by atoms with E-state index in [-0.39, 0.29) is 17.1 Å². The van der Waals surface area contributed by atoms with Crippen LogP contribution in [0.1, 0.15) is 117 Å². The summed E-state index contributed by atoms with van der Waals surface area (Å²) in [5.41, 5.74) is 7.49. The molecule has 0 radical (unpaired) electrons. The lowest BCUT2D eigenvalue weighted by Crippen LogP contribution is -2.51. The smallest absolute Gasteiger partial charge is 0.188 e. The molecule has 0 aromatic heterocycles. The molecule has 0 amide bonds. The van der Waals surface area contributed by atoms with Crippen molar-refractivity contribution in [2.75, 3.05) is 13.6 Å². The van der Waals surface area contributed by atoms with E-state index in [1.165, 1.54) is 69.8 Å². The van der Waals surface area contributed by atoms with E-state index in [4.69, 9.17) is 17.0 Å². The molecule has 6 nitrogen and oxygen atoms in total. The quantitative estimate of drug-likeness (QED) is 0.142. The van der Waals surface area contributed by atoms with Crippen LogP contribution in [0.2, 0.25) is 0 Å². The van der Waals surface area contributed by atoms with Crippen molar-refractivity contribution in [3.8, 4) is 0 Å². The molecule has 1 saturated heterocycles. The molecule has 6 heteroatoms. The third-order valence-electron chi connectivity index (χ3n) is 14.8. The Balaban J connectivity index is 1.03. The van der Waals surface area contributed by atoms with Crippen LogP contribution in [0.15, 0.2) is 17.1 Å².